The summed E-state index contributed by atoms with van der Waals surface area (Å²) in [5.41, 5.74) is 0.150. The molecule has 1 aliphatic rings. The molecule has 1 aromatic heterocycles. The summed E-state index contributed by atoms with van der Waals surface area (Å²) >= 11 is 0. The maximum absolute atomic E-state index is 11.5. The molecule has 0 radical (unpaired) electrons. The lowest BCUT2D eigenvalue weighted by molar-refractivity contribution is 0.0474. The molecule has 0 aromatic carbocycles. The van der Waals surface area contributed by atoms with Gasteiger partial charge in [-0.05, 0) is 25.2 Å². The van der Waals surface area contributed by atoms with Crippen LogP contribution in [-0.2, 0) is 4.74 Å². The number of esters is 1. The van der Waals surface area contributed by atoms with Crippen LogP contribution in [-0.4, -0.2) is 22.8 Å². The highest BCUT2D eigenvalue weighted by atomic mass is 16.5. The summed E-state index contributed by atoms with van der Waals surface area (Å²) in [6.45, 7) is 6.49. The molecule has 18 heavy (non-hydrogen) atoms. The highest BCUT2D eigenvalue weighted by Crippen LogP contribution is 2.46. The second kappa shape index (κ2) is 5.08. The molecule has 2 rings (SSSR count). The van der Waals surface area contributed by atoms with Gasteiger partial charge in [-0.1, -0.05) is 26.7 Å². The van der Waals surface area contributed by atoms with Crippen molar-refractivity contribution < 1.29 is 13.9 Å². The monoisotopic (exact) mass is 252 g/mol. The number of nitrogens with zero attached hydrogens (tertiary/aromatic N) is 2. The van der Waals surface area contributed by atoms with E-state index in [1.54, 1.807) is 6.92 Å². The van der Waals surface area contributed by atoms with Crippen LogP contribution in [0.25, 0.3) is 0 Å². The van der Waals surface area contributed by atoms with Gasteiger partial charge in [-0.15, -0.1) is 10.2 Å². The number of hydrogen-bond acceptors (Lipinski definition) is 5. The molecule has 1 aromatic rings. The van der Waals surface area contributed by atoms with Gasteiger partial charge in [0.1, 0.15) is 0 Å². The van der Waals surface area contributed by atoms with Crippen LogP contribution in [0.2, 0.25) is 0 Å². The van der Waals surface area contributed by atoms with Gasteiger partial charge in [0.2, 0.25) is 5.89 Å². The minimum absolute atomic E-state index is 0.0341. The van der Waals surface area contributed by atoms with E-state index in [1.807, 2.05) is 0 Å². The summed E-state index contributed by atoms with van der Waals surface area (Å²) in [4.78, 5) is 11.5. The third-order valence-corrected chi connectivity index (χ3v) is 3.70. The number of aromatic nitrogens is 2. The van der Waals surface area contributed by atoms with Gasteiger partial charge in [-0.25, -0.2) is 4.79 Å². The van der Waals surface area contributed by atoms with Crippen molar-refractivity contribution in [1.29, 1.82) is 0 Å². The van der Waals surface area contributed by atoms with Gasteiger partial charge >= 0.3 is 11.9 Å². The molecule has 0 N–H and O–H groups in total. The maximum Gasteiger partial charge on any atom is 0.396 e. The first-order valence-corrected chi connectivity index (χ1v) is 6.55. The quantitative estimate of drug-likeness (QED) is 0.774. The largest absolute Gasteiger partial charge is 0.459 e. The Hall–Kier alpha value is -1.39. The first kappa shape index (κ1) is 13.1. The Balaban J connectivity index is 2.16. The number of ether oxygens (including phenoxy) is 1. The van der Waals surface area contributed by atoms with E-state index in [1.165, 1.54) is 12.8 Å². The van der Waals surface area contributed by atoms with E-state index in [0.717, 1.165) is 12.8 Å². The Labute approximate surface area is 107 Å². The van der Waals surface area contributed by atoms with Crippen LogP contribution in [0.4, 0.5) is 0 Å². The Bertz CT molecular complexity index is 426. The van der Waals surface area contributed by atoms with Crippen LogP contribution in [0.15, 0.2) is 4.42 Å². The van der Waals surface area contributed by atoms with E-state index in [0.29, 0.717) is 12.5 Å². The zero-order valence-corrected chi connectivity index (χ0v) is 11.2. The average Bonchev–Trinajstić information content (AvgIpc) is 2.78. The number of carbonyl (C=O) groups is 1. The summed E-state index contributed by atoms with van der Waals surface area (Å²) in [6, 6.07) is 0. The third-order valence-electron chi connectivity index (χ3n) is 3.70. The second-order valence-electron chi connectivity index (χ2n) is 5.45. The van der Waals surface area contributed by atoms with Crippen LogP contribution in [0.3, 0.4) is 0 Å². The van der Waals surface area contributed by atoms with Crippen molar-refractivity contribution in [2.75, 3.05) is 6.61 Å². The maximum atomic E-state index is 11.5. The van der Waals surface area contributed by atoms with E-state index in [-0.39, 0.29) is 17.2 Å². The molecule has 1 unspecified atom stereocenters. The van der Waals surface area contributed by atoms with E-state index in [9.17, 15) is 4.79 Å². The summed E-state index contributed by atoms with van der Waals surface area (Å²) in [5.74, 6) is 0.239. The topological polar surface area (TPSA) is 65.2 Å². The average molecular weight is 252 g/mol. The molecule has 100 valence electrons. The number of hydrogen-bond donors (Lipinski definition) is 0. The van der Waals surface area contributed by atoms with Gasteiger partial charge in [0.05, 0.1) is 6.61 Å². The molecule has 1 fully saturated rings. The molecule has 0 aliphatic heterocycles. The van der Waals surface area contributed by atoms with E-state index in [4.69, 9.17) is 9.15 Å². The zero-order chi connectivity index (χ0) is 13.2. The van der Waals surface area contributed by atoms with Gasteiger partial charge in [0, 0.05) is 5.92 Å². The number of carbonyl (C=O) groups excluding carboxylic acids is 1. The van der Waals surface area contributed by atoms with Gasteiger partial charge in [-0.2, -0.15) is 0 Å². The van der Waals surface area contributed by atoms with E-state index >= 15 is 0 Å². The molecule has 1 aliphatic carbocycles. The highest BCUT2D eigenvalue weighted by molar-refractivity contribution is 5.83. The van der Waals surface area contributed by atoms with Crippen molar-refractivity contribution >= 4 is 5.97 Å². The van der Waals surface area contributed by atoms with Crippen molar-refractivity contribution in [3.63, 3.8) is 0 Å². The molecule has 0 saturated heterocycles. The molecule has 5 nitrogen and oxygen atoms in total. The predicted octanol–water partition coefficient (Wildman–Crippen LogP) is 2.93. The Kier molecular flexibility index (Phi) is 3.68. The Morgan fingerprint density at radius 2 is 2.22 bits per heavy atom. The fourth-order valence-electron chi connectivity index (χ4n) is 2.60. The first-order valence-electron chi connectivity index (χ1n) is 6.55. The highest BCUT2D eigenvalue weighted by Gasteiger charge is 2.37. The van der Waals surface area contributed by atoms with Crippen molar-refractivity contribution in [2.45, 2.75) is 52.4 Å². The van der Waals surface area contributed by atoms with E-state index in [2.05, 4.69) is 24.0 Å². The van der Waals surface area contributed by atoms with Crippen LogP contribution >= 0.6 is 0 Å². The van der Waals surface area contributed by atoms with Crippen LogP contribution in [0.1, 0.15) is 68.9 Å². The fraction of sp³-hybridized carbons (Fsp3) is 0.769. The lowest BCUT2D eigenvalue weighted by atomic mass is 9.69. The van der Waals surface area contributed by atoms with Gasteiger partial charge in [0.25, 0.3) is 0 Å². The first-order chi connectivity index (χ1) is 8.54. The molecular formula is C13H20N2O3. The van der Waals surface area contributed by atoms with Crippen LogP contribution in [0.5, 0.6) is 0 Å². The molecule has 1 saturated carbocycles. The fourth-order valence-corrected chi connectivity index (χ4v) is 2.60. The molecule has 5 heteroatoms. The Morgan fingerprint density at radius 3 is 2.89 bits per heavy atom. The van der Waals surface area contributed by atoms with Crippen molar-refractivity contribution in [1.82, 2.24) is 10.2 Å². The van der Waals surface area contributed by atoms with Gasteiger partial charge in [0.15, 0.2) is 0 Å². The van der Waals surface area contributed by atoms with Gasteiger partial charge < -0.3 is 9.15 Å². The lowest BCUT2D eigenvalue weighted by Gasteiger charge is -2.36. The second-order valence-corrected chi connectivity index (χ2v) is 5.45. The summed E-state index contributed by atoms with van der Waals surface area (Å²) in [7, 11) is 0. The predicted molar refractivity (Wildman–Crippen MR) is 65.2 cm³/mol. The smallest absolute Gasteiger partial charge is 0.396 e. The van der Waals surface area contributed by atoms with Crippen molar-refractivity contribution in [3.8, 4) is 0 Å². The molecule has 0 amide bonds. The SMILES string of the molecule is CCOC(=O)c1nnc(C2CCCCC2(C)C)o1. The van der Waals surface area contributed by atoms with Gasteiger partial charge in [-0.3, -0.25) is 0 Å². The minimum atomic E-state index is -0.537. The van der Waals surface area contributed by atoms with Crippen molar-refractivity contribution in [3.05, 3.63) is 11.8 Å². The third kappa shape index (κ3) is 2.54. The van der Waals surface area contributed by atoms with Crippen molar-refractivity contribution in [2.24, 2.45) is 5.41 Å². The normalized spacial score (nSPS) is 22.7. The summed E-state index contributed by atoms with van der Waals surface area (Å²) < 4.78 is 10.3. The summed E-state index contributed by atoms with van der Waals surface area (Å²) in [6.07, 6.45) is 4.60. The molecule has 1 atom stereocenters. The van der Waals surface area contributed by atoms with E-state index < -0.39 is 5.97 Å². The standard InChI is InChI=1S/C13H20N2O3/c1-4-17-12(16)11-15-14-10(18-11)9-7-5-6-8-13(9,2)3/h9H,4-8H2,1-3H3. The lowest BCUT2D eigenvalue weighted by Crippen LogP contribution is -2.26. The summed E-state index contributed by atoms with van der Waals surface area (Å²) in [5, 5.41) is 7.81. The number of rotatable bonds is 3. The molecule has 0 bridgehead atoms. The Morgan fingerprint density at radius 1 is 1.44 bits per heavy atom. The minimum Gasteiger partial charge on any atom is -0.459 e. The zero-order valence-electron chi connectivity index (χ0n) is 11.2. The van der Waals surface area contributed by atoms with Crippen LogP contribution in [0, 0.1) is 5.41 Å². The molecular weight excluding hydrogens is 232 g/mol. The van der Waals surface area contributed by atoms with Crippen LogP contribution < -0.4 is 0 Å². The molecule has 0 spiro atoms. The molecule has 1 heterocycles.